The molecule has 4 heterocycles. The first kappa shape index (κ1) is 17.6. The van der Waals surface area contributed by atoms with Crippen LogP contribution in [0.4, 0.5) is 5.69 Å². The second kappa shape index (κ2) is 6.87. The number of amides is 1. The highest BCUT2D eigenvalue weighted by molar-refractivity contribution is 6.06. The quantitative estimate of drug-likeness (QED) is 0.502. The standard InChI is InChI=1S/C23H16N6O/c1-28(19-4-2-15(12-24)3-5-19)23(30)17-7-9-29-21(11-17)20(14-27-29)18-10-16-6-8-25-22(16)26-13-18/h2-11,13-14H,1H3,(H,25,26). The highest BCUT2D eigenvalue weighted by atomic mass is 16.2. The van der Waals surface area contributed by atoms with E-state index in [-0.39, 0.29) is 5.91 Å². The number of aromatic amines is 1. The maximum atomic E-state index is 13.1. The molecule has 7 nitrogen and oxygen atoms in total. The molecule has 0 aliphatic heterocycles. The fourth-order valence-corrected chi connectivity index (χ4v) is 3.49. The molecule has 0 saturated carbocycles. The second-order valence-electron chi connectivity index (χ2n) is 6.97. The summed E-state index contributed by atoms with van der Waals surface area (Å²) in [6.07, 6.45) is 7.21. The van der Waals surface area contributed by atoms with Crippen LogP contribution in [0, 0.1) is 11.3 Å². The van der Waals surface area contributed by atoms with Gasteiger partial charge in [-0.2, -0.15) is 10.4 Å². The van der Waals surface area contributed by atoms with Crippen molar-refractivity contribution >= 4 is 28.1 Å². The van der Waals surface area contributed by atoms with Crippen molar-refractivity contribution in [2.24, 2.45) is 0 Å². The molecule has 1 amide bonds. The Labute approximate surface area is 171 Å². The Morgan fingerprint density at radius 2 is 1.97 bits per heavy atom. The normalized spacial score (nSPS) is 10.9. The summed E-state index contributed by atoms with van der Waals surface area (Å²) in [7, 11) is 1.72. The molecule has 0 saturated heterocycles. The third-order valence-corrected chi connectivity index (χ3v) is 5.17. The van der Waals surface area contributed by atoms with Crippen molar-refractivity contribution in [3.63, 3.8) is 0 Å². The van der Waals surface area contributed by atoms with Crippen LogP contribution in [0.15, 0.2) is 73.3 Å². The summed E-state index contributed by atoms with van der Waals surface area (Å²) in [6, 6.07) is 16.6. The first-order valence-corrected chi connectivity index (χ1v) is 9.33. The number of anilines is 1. The SMILES string of the molecule is CN(C(=O)c1ccn2ncc(-c3cnc4[nH]ccc4c3)c2c1)c1ccc(C#N)cc1. The van der Waals surface area contributed by atoms with Gasteiger partial charge in [0.15, 0.2) is 0 Å². The van der Waals surface area contributed by atoms with Crippen molar-refractivity contribution < 1.29 is 4.79 Å². The number of nitrogens with zero attached hydrogens (tertiary/aromatic N) is 5. The molecule has 5 aromatic rings. The van der Waals surface area contributed by atoms with E-state index in [1.807, 2.05) is 24.4 Å². The number of carbonyl (C=O) groups is 1. The zero-order valence-electron chi connectivity index (χ0n) is 16.1. The van der Waals surface area contributed by atoms with Gasteiger partial charge >= 0.3 is 0 Å². The van der Waals surface area contributed by atoms with Crippen LogP contribution in [0.5, 0.6) is 0 Å². The molecular formula is C23H16N6O. The summed E-state index contributed by atoms with van der Waals surface area (Å²) in [5.41, 5.74) is 5.31. The number of H-pyrrole nitrogens is 1. The zero-order chi connectivity index (χ0) is 20.7. The minimum absolute atomic E-state index is 0.145. The van der Waals surface area contributed by atoms with Gasteiger partial charge in [0.05, 0.1) is 23.3 Å². The van der Waals surface area contributed by atoms with Crippen LogP contribution in [0.25, 0.3) is 27.7 Å². The summed E-state index contributed by atoms with van der Waals surface area (Å²) in [5.74, 6) is -0.145. The third kappa shape index (κ3) is 2.88. The number of rotatable bonds is 3. The predicted molar refractivity (Wildman–Crippen MR) is 114 cm³/mol. The third-order valence-electron chi connectivity index (χ3n) is 5.17. The molecule has 30 heavy (non-hydrogen) atoms. The topological polar surface area (TPSA) is 90.1 Å². The van der Waals surface area contributed by atoms with E-state index >= 15 is 0 Å². The van der Waals surface area contributed by atoms with Gasteiger partial charge in [-0.05, 0) is 48.5 Å². The summed E-state index contributed by atoms with van der Waals surface area (Å²) in [5, 5.41) is 14.4. The monoisotopic (exact) mass is 392 g/mol. The van der Waals surface area contributed by atoms with E-state index in [0.717, 1.165) is 33.4 Å². The molecule has 0 atom stereocenters. The lowest BCUT2D eigenvalue weighted by atomic mass is 10.1. The van der Waals surface area contributed by atoms with Crippen molar-refractivity contribution in [1.29, 1.82) is 5.26 Å². The molecule has 0 unspecified atom stereocenters. The summed E-state index contributed by atoms with van der Waals surface area (Å²) >= 11 is 0. The number of hydrogen-bond donors (Lipinski definition) is 1. The van der Waals surface area contributed by atoms with E-state index in [0.29, 0.717) is 11.1 Å². The highest BCUT2D eigenvalue weighted by Crippen LogP contribution is 2.27. The number of carbonyl (C=O) groups excluding carboxylic acids is 1. The van der Waals surface area contributed by atoms with Crippen molar-refractivity contribution in [1.82, 2.24) is 19.6 Å². The number of nitriles is 1. The van der Waals surface area contributed by atoms with Gasteiger partial charge in [0, 0.05) is 53.4 Å². The molecule has 0 bridgehead atoms. The van der Waals surface area contributed by atoms with Crippen LogP contribution in [0.3, 0.4) is 0 Å². The fraction of sp³-hybridized carbons (Fsp3) is 0.0435. The molecule has 4 aromatic heterocycles. The van der Waals surface area contributed by atoms with Crippen molar-refractivity contribution in [3.8, 4) is 17.2 Å². The Morgan fingerprint density at radius 1 is 1.13 bits per heavy atom. The molecule has 0 fully saturated rings. The first-order valence-electron chi connectivity index (χ1n) is 9.33. The molecule has 1 aromatic carbocycles. The van der Waals surface area contributed by atoms with Gasteiger partial charge in [-0.15, -0.1) is 0 Å². The largest absolute Gasteiger partial charge is 0.346 e. The number of nitrogens with one attached hydrogen (secondary N) is 1. The Morgan fingerprint density at radius 3 is 2.77 bits per heavy atom. The smallest absolute Gasteiger partial charge is 0.258 e. The van der Waals surface area contributed by atoms with E-state index < -0.39 is 0 Å². The Kier molecular flexibility index (Phi) is 4.04. The fourth-order valence-electron chi connectivity index (χ4n) is 3.49. The van der Waals surface area contributed by atoms with Crippen LogP contribution in [-0.2, 0) is 0 Å². The minimum Gasteiger partial charge on any atom is -0.346 e. The van der Waals surface area contributed by atoms with Crippen LogP contribution >= 0.6 is 0 Å². The lowest BCUT2D eigenvalue weighted by Gasteiger charge is -2.17. The Balaban J connectivity index is 1.53. The molecular weight excluding hydrogens is 376 g/mol. The van der Waals surface area contributed by atoms with E-state index in [2.05, 4.69) is 21.1 Å². The van der Waals surface area contributed by atoms with Gasteiger partial charge in [-0.1, -0.05) is 0 Å². The van der Waals surface area contributed by atoms with Crippen LogP contribution in [-0.4, -0.2) is 32.5 Å². The molecule has 7 heteroatoms. The second-order valence-corrected chi connectivity index (χ2v) is 6.97. The van der Waals surface area contributed by atoms with Crippen molar-refractivity contribution in [2.45, 2.75) is 0 Å². The summed E-state index contributed by atoms with van der Waals surface area (Å²) < 4.78 is 1.75. The van der Waals surface area contributed by atoms with E-state index in [4.69, 9.17) is 5.26 Å². The first-order chi connectivity index (χ1) is 14.6. The average Bonchev–Trinajstić information content (AvgIpc) is 3.44. The minimum atomic E-state index is -0.145. The Bertz CT molecular complexity index is 1440. The van der Waals surface area contributed by atoms with Gasteiger partial charge < -0.3 is 9.88 Å². The predicted octanol–water partition coefficient (Wildman–Crippen LogP) is 4.03. The van der Waals surface area contributed by atoms with E-state index in [1.165, 1.54) is 0 Å². The Hall–Kier alpha value is -4.44. The van der Waals surface area contributed by atoms with Crippen LogP contribution in [0.1, 0.15) is 15.9 Å². The molecule has 0 aliphatic carbocycles. The number of pyridine rings is 2. The lowest BCUT2D eigenvalue weighted by Crippen LogP contribution is -2.26. The van der Waals surface area contributed by atoms with Gasteiger partial charge in [0.25, 0.3) is 5.91 Å². The van der Waals surface area contributed by atoms with Crippen LogP contribution in [0.2, 0.25) is 0 Å². The lowest BCUT2D eigenvalue weighted by molar-refractivity contribution is 0.0993. The number of aromatic nitrogens is 4. The summed E-state index contributed by atoms with van der Waals surface area (Å²) in [6.45, 7) is 0. The number of fused-ring (bicyclic) bond motifs is 2. The van der Waals surface area contributed by atoms with E-state index in [9.17, 15) is 4.79 Å². The maximum Gasteiger partial charge on any atom is 0.258 e. The molecule has 5 rings (SSSR count). The van der Waals surface area contributed by atoms with Crippen molar-refractivity contribution in [2.75, 3.05) is 11.9 Å². The van der Waals surface area contributed by atoms with E-state index in [1.54, 1.807) is 65.4 Å². The molecule has 1 N–H and O–H groups in total. The van der Waals surface area contributed by atoms with Crippen molar-refractivity contribution in [3.05, 3.63) is 84.4 Å². The van der Waals surface area contributed by atoms with Gasteiger partial charge in [0.2, 0.25) is 0 Å². The van der Waals surface area contributed by atoms with Gasteiger partial charge in [-0.25, -0.2) is 9.50 Å². The number of hydrogen-bond acceptors (Lipinski definition) is 4. The summed E-state index contributed by atoms with van der Waals surface area (Å²) in [4.78, 5) is 22.2. The van der Waals surface area contributed by atoms with Crippen LogP contribution < -0.4 is 4.90 Å². The van der Waals surface area contributed by atoms with Gasteiger partial charge in [-0.3, -0.25) is 4.79 Å². The molecule has 0 spiro atoms. The molecule has 144 valence electrons. The highest BCUT2D eigenvalue weighted by Gasteiger charge is 2.16. The molecule has 0 radical (unpaired) electrons. The van der Waals surface area contributed by atoms with Gasteiger partial charge in [0.1, 0.15) is 5.65 Å². The maximum absolute atomic E-state index is 13.1. The zero-order valence-corrected chi connectivity index (χ0v) is 16.1. The molecule has 0 aliphatic rings. The number of benzene rings is 1. The average molecular weight is 392 g/mol.